The van der Waals surface area contributed by atoms with E-state index in [4.69, 9.17) is 4.74 Å². The molecule has 1 amide bonds. The zero-order valence-electron chi connectivity index (χ0n) is 14.5. The minimum Gasteiger partial charge on any atom is -0.367 e. The molecule has 3 aromatic rings. The Labute approximate surface area is 155 Å². The van der Waals surface area contributed by atoms with E-state index < -0.39 is 0 Å². The first kappa shape index (κ1) is 16.9. The number of rotatable bonds is 5. The van der Waals surface area contributed by atoms with Gasteiger partial charge in [-0.2, -0.15) is 5.10 Å². The molecule has 1 aliphatic rings. The van der Waals surface area contributed by atoms with E-state index in [2.05, 4.69) is 41.8 Å². The average Bonchev–Trinajstić information content (AvgIpc) is 3.36. The van der Waals surface area contributed by atoms with Crippen LogP contribution < -0.4 is 0 Å². The topological polar surface area (TPSA) is 60.2 Å². The van der Waals surface area contributed by atoms with Crippen LogP contribution in [0.3, 0.4) is 0 Å². The van der Waals surface area contributed by atoms with Gasteiger partial charge in [-0.3, -0.25) is 9.48 Å². The Morgan fingerprint density at radius 2 is 2.35 bits per heavy atom. The van der Waals surface area contributed by atoms with Gasteiger partial charge in [0.2, 0.25) is 5.91 Å². The van der Waals surface area contributed by atoms with Crippen molar-refractivity contribution in [1.82, 2.24) is 19.7 Å². The molecule has 4 rings (SSSR count). The molecule has 1 fully saturated rings. The van der Waals surface area contributed by atoms with Crippen molar-refractivity contribution in [2.24, 2.45) is 0 Å². The molecule has 1 aromatic carbocycles. The zero-order valence-corrected chi connectivity index (χ0v) is 15.4. The van der Waals surface area contributed by atoms with Crippen LogP contribution >= 0.6 is 11.3 Å². The van der Waals surface area contributed by atoms with Crippen molar-refractivity contribution in [3.8, 4) is 0 Å². The van der Waals surface area contributed by atoms with Crippen LogP contribution in [0.2, 0.25) is 0 Å². The summed E-state index contributed by atoms with van der Waals surface area (Å²) in [6.07, 6.45) is 4.86. The van der Waals surface area contributed by atoms with E-state index in [0.717, 1.165) is 15.2 Å². The molecule has 0 spiro atoms. The molecule has 3 heterocycles. The third-order valence-corrected chi connectivity index (χ3v) is 5.61. The molecular weight excluding hydrogens is 348 g/mol. The van der Waals surface area contributed by atoms with Gasteiger partial charge in [0.15, 0.2) is 0 Å². The van der Waals surface area contributed by atoms with Gasteiger partial charge in [0.1, 0.15) is 5.01 Å². The number of aromatic nitrogens is 3. The first-order chi connectivity index (χ1) is 12.6. The molecule has 2 atom stereocenters. The average molecular weight is 368 g/mol. The number of benzene rings is 1. The van der Waals surface area contributed by atoms with Crippen molar-refractivity contribution in [2.45, 2.75) is 25.7 Å². The molecule has 0 aliphatic carbocycles. The molecule has 0 unspecified atom stereocenters. The second kappa shape index (κ2) is 7.01. The van der Waals surface area contributed by atoms with Gasteiger partial charge in [-0.1, -0.05) is 12.6 Å². The molecule has 7 heteroatoms. The number of carbonyl (C=O) groups is 1. The smallest absolute Gasteiger partial charge is 0.246 e. The van der Waals surface area contributed by atoms with Gasteiger partial charge in [0, 0.05) is 25.5 Å². The fourth-order valence-electron chi connectivity index (χ4n) is 3.29. The Morgan fingerprint density at radius 3 is 3.12 bits per heavy atom. The summed E-state index contributed by atoms with van der Waals surface area (Å²) in [5.74, 6) is -0.0799. The van der Waals surface area contributed by atoms with Crippen LogP contribution in [0, 0.1) is 6.92 Å². The first-order valence-corrected chi connectivity index (χ1v) is 9.34. The molecule has 1 aliphatic heterocycles. The Balaban J connectivity index is 1.50. The maximum absolute atomic E-state index is 12.0. The number of aryl methyl sites for hydroxylation is 1. The fraction of sp³-hybridized carbons (Fsp3) is 0.316. The minimum absolute atomic E-state index is 0.00878. The standard InChI is InChI=1S/C19H20N4O2S/c1-3-19(24)22-10-15(23-8-4-7-20-23)16(11-22)25-12-18-21-14-9-13(2)5-6-17(14)26-18/h3-9,15-16H,1,10-12H2,2H3/t15-,16-/m1/s1. The van der Waals surface area contributed by atoms with Gasteiger partial charge in [0.05, 0.1) is 29.0 Å². The van der Waals surface area contributed by atoms with Crippen LogP contribution in [0.1, 0.15) is 16.6 Å². The number of ether oxygens (including phenoxy) is 1. The predicted molar refractivity (Wildman–Crippen MR) is 101 cm³/mol. The summed E-state index contributed by atoms with van der Waals surface area (Å²) in [6, 6.07) is 8.14. The van der Waals surface area contributed by atoms with Crippen molar-refractivity contribution in [3.63, 3.8) is 0 Å². The van der Waals surface area contributed by atoms with Crippen molar-refractivity contribution < 1.29 is 9.53 Å². The Bertz CT molecular complexity index is 934. The Morgan fingerprint density at radius 1 is 1.46 bits per heavy atom. The summed E-state index contributed by atoms with van der Waals surface area (Å²) in [7, 11) is 0. The van der Waals surface area contributed by atoms with Crippen LogP contribution in [-0.2, 0) is 16.1 Å². The number of fused-ring (bicyclic) bond motifs is 1. The van der Waals surface area contributed by atoms with Crippen LogP contribution in [-0.4, -0.2) is 44.8 Å². The summed E-state index contributed by atoms with van der Waals surface area (Å²) in [5.41, 5.74) is 2.20. The van der Waals surface area contributed by atoms with Crippen molar-refractivity contribution >= 4 is 27.5 Å². The Hall–Kier alpha value is -2.51. The predicted octanol–water partition coefficient (Wildman–Crippen LogP) is 2.96. The summed E-state index contributed by atoms with van der Waals surface area (Å²) in [5, 5.41) is 5.27. The summed E-state index contributed by atoms with van der Waals surface area (Å²) < 4.78 is 9.19. The molecule has 0 bridgehead atoms. The molecular formula is C19H20N4O2S. The van der Waals surface area contributed by atoms with Crippen LogP contribution in [0.15, 0.2) is 49.3 Å². The zero-order chi connectivity index (χ0) is 18.1. The second-order valence-corrected chi connectivity index (χ2v) is 7.54. The monoisotopic (exact) mass is 368 g/mol. The third-order valence-electron chi connectivity index (χ3n) is 4.60. The summed E-state index contributed by atoms with van der Waals surface area (Å²) in [4.78, 5) is 18.4. The molecule has 6 nitrogen and oxygen atoms in total. The second-order valence-electron chi connectivity index (χ2n) is 6.43. The lowest BCUT2D eigenvalue weighted by atomic mass is 10.2. The lowest BCUT2D eigenvalue weighted by Crippen LogP contribution is -2.28. The van der Waals surface area contributed by atoms with E-state index in [1.165, 1.54) is 11.6 Å². The van der Waals surface area contributed by atoms with Gasteiger partial charge >= 0.3 is 0 Å². The van der Waals surface area contributed by atoms with Crippen molar-refractivity contribution in [1.29, 1.82) is 0 Å². The lowest BCUT2D eigenvalue weighted by Gasteiger charge is -2.18. The van der Waals surface area contributed by atoms with E-state index >= 15 is 0 Å². The molecule has 0 radical (unpaired) electrons. The highest BCUT2D eigenvalue weighted by Crippen LogP contribution is 2.28. The first-order valence-electron chi connectivity index (χ1n) is 8.52. The van der Waals surface area contributed by atoms with Crippen LogP contribution in [0.25, 0.3) is 10.2 Å². The summed E-state index contributed by atoms with van der Waals surface area (Å²) >= 11 is 1.64. The van der Waals surface area contributed by atoms with Gasteiger partial charge in [-0.25, -0.2) is 4.98 Å². The van der Waals surface area contributed by atoms with E-state index in [1.807, 2.05) is 16.9 Å². The van der Waals surface area contributed by atoms with Gasteiger partial charge in [-0.15, -0.1) is 11.3 Å². The van der Waals surface area contributed by atoms with Gasteiger partial charge < -0.3 is 9.64 Å². The third kappa shape index (κ3) is 3.27. The maximum Gasteiger partial charge on any atom is 0.246 e. The van der Waals surface area contributed by atoms with Crippen LogP contribution in [0.4, 0.5) is 0 Å². The molecule has 134 valence electrons. The normalized spacial score (nSPS) is 20.0. The number of hydrogen-bond acceptors (Lipinski definition) is 5. The molecule has 26 heavy (non-hydrogen) atoms. The minimum atomic E-state index is -0.132. The van der Waals surface area contributed by atoms with Gasteiger partial charge in [0.25, 0.3) is 0 Å². The van der Waals surface area contributed by atoms with E-state index in [-0.39, 0.29) is 18.1 Å². The van der Waals surface area contributed by atoms with E-state index in [9.17, 15) is 4.79 Å². The number of likely N-dealkylation sites (tertiary alicyclic amines) is 1. The highest BCUT2D eigenvalue weighted by atomic mass is 32.1. The van der Waals surface area contributed by atoms with E-state index in [1.54, 1.807) is 22.4 Å². The molecule has 2 aromatic heterocycles. The quantitative estimate of drug-likeness (QED) is 0.650. The number of amides is 1. The van der Waals surface area contributed by atoms with Gasteiger partial charge in [-0.05, 0) is 36.8 Å². The number of thiazole rings is 1. The van der Waals surface area contributed by atoms with Crippen LogP contribution in [0.5, 0.6) is 0 Å². The molecule has 0 N–H and O–H groups in total. The fourth-order valence-corrected chi connectivity index (χ4v) is 4.16. The van der Waals surface area contributed by atoms with Crippen molar-refractivity contribution in [2.75, 3.05) is 13.1 Å². The molecule has 0 saturated carbocycles. The summed E-state index contributed by atoms with van der Waals surface area (Å²) in [6.45, 7) is 7.16. The highest BCUT2D eigenvalue weighted by Gasteiger charge is 2.37. The largest absolute Gasteiger partial charge is 0.367 e. The maximum atomic E-state index is 12.0. The SMILES string of the molecule is C=CC(=O)N1C[C@@H](n2cccn2)[C@H](OCc2nc3cc(C)ccc3s2)C1. The number of carbonyl (C=O) groups excluding carboxylic acids is 1. The number of hydrogen-bond donors (Lipinski definition) is 0. The Kier molecular flexibility index (Phi) is 4.57. The number of nitrogens with zero attached hydrogens (tertiary/aromatic N) is 4. The van der Waals surface area contributed by atoms with Crippen molar-refractivity contribution in [3.05, 3.63) is 59.9 Å². The van der Waals surface area contributed by atoms with E-state index in [0.29, 0.717) is 19.7 Å². The highest BCUT2D eigenvalue weighted by molar-refractivity contribution is 7.18. The lowest BCUT2D eigenvalue weighted by molar-refractivity contribution is -0.125. The molecule has 1 saturated heterocycles.